The van der Waals surface area contributed by atoms with Gasteiger partial charge in [0.25, 0.3) is 0 Å². The Morgan fingerprint density at radius 1 is 0.761 bits per heavy atom. The fourth-order valence-corrected chi connectivity index (χ4v) is 4.95. The van der Waals surface area contributed by atoms with E-state index in [2.05, 4.69) is 10.3 Å². The van der Waals surface area contributed by atoms with Gasteiger partial charge in [0.05, 0.1) is 22.3 Å². The summed E-state index contributed by atoms with van der Waals surface area (Å²) in [5.74, 6) is -5.74. The molecule has 0 radical (unpaired) electrons. The summed E-state index contributed by atoms with van der Waals surface area (Å²) >= 11 is 11.6. The number of aryl methyl sites for hydroxylation is 2. The number of allylic oxidation sites excluding steroid dienone is 1. The maximum absolute atomic E-state index is 14.1. The molecule has 238 valence electrons. The summed E-state index contributed by atoms with van der Waals surface area (Å²) in [5.41, 5.74) is -1.80. The Morgan fingerprint density at radius 2 is 1.28 bits per heavy atom. The summed E-state index contributed by atoms with van der Waals surface area (Å²) in [4.78, 5) is 25.0. The topological polar surface area (TPSA) is 94.4 Å². The first-order valence-corrected chi connectivity index (χ1v) is 13.8. The zero-order valence-corrected chi connectivity index (χ0v) is 24.9. The average molecular weight is 683 g/mol. The second-order valence-corrected chi connectivity index (χ2v) is 10.7. The van der Waals surface area contributed by atoms with E-state index in [1.54, 1.807) is 13.8 Å². The van der Waals surface area contributed by atoms with Crippen LogP contribution in [0.5, 0.6) is 0 Å². The number of hydrogen-bond donors (Lipinski definition) is 0. The predicted octanol–water partition coefficient (Wildman–Crippen LogP) is 7.87. The Bertz CT molecular complexity index is 2030. The highest BCUT2D eigenvalue weighted by Crippen LogP contribution is 2.38. The highest BCUT2D eigenvalue weighted by molar-refractivity contribution is 6.43. The number of anilines is 1. The SMILES string of the molecule is Cc1cc(-n2cc(Cl)c(=O)cc2-c2c(F)cc(F)cc2F)no1.Cc1cc(N2C=C(Cl)C(=O)CC2c2c(F)cc(F)cc2F)no1. The number of ketones is 1. The van der Waals surface area contributed by atoms with Crippen molar-refractivity contribution in [3.8, 4) is 17.1 Å². The summed E-state index contributed by atoms with van der Waals surface area (Å²) in [5, 5.41) is 7.24. The van der Waals surface area contributed by atoms with Crippen LogP contribution in [0.15, 0.2) is 73.7 Å². The van der Waals surface area contributed by atoms with Crippen LogP contribution < -0.4 is 10.3 Å². The molecule has 5 aromatic rings. The lowest BCUT2D eigenvalue weighted by molar-refractivity contribution is -0.115. The van der Waals surface area contributed by atoms with Crippen molar-refractivity contribution in [3.05, 3.63) is 127 Å². The second-order valence-electron chi connectivity index (χ2n) is 9.89. The Labute approximate surface area is 265 Å². The van der Waals surface area contributed by atoms with Gasteiger partial charge in [0.1, 0.15) is 51.4 Å². The molecule has 0 bridgehead atoms. The van der Waals surface area contributed by atoms with E-state index in [-0.39, 0.29) is 33.8 Å². The first-order valence-electron chi connectivity index (χ1n) is 13.0. The van der Waals surface area contributed by atoms with Crippen molar-refractivity contribution in [1.82, 2.24) is 14.9 Å². The molecule has 0 N–H and O–H groups in total. The molecule has 0 spiro atoms. The standard InChI is InChI=1S/C15H10ClF3N2O2.C15H8ClF3N2O2/c2*1-7-2-14(20-23-7)21-6-9(16)13(22)5-12(21)15-10(18)3-8(17)4-11(15)19/h2-4,6,12H,5H2,1H3;2-6H,1H3. The molecule has 1 atom stereocenters. The van der Waals surface area contributed by atoms with E-state index >= 15 is 0 Å². The summed E-state index contributed by atoms with van der Waals surface area (Å²) < 4.78 is 93.6. The normalized spacial score (nSPS) is 14.7. The first kappa shape index (κ1) is 32.6. The molecule has 1 aliphatic rings. The molecule has 0 saturated carbocycles. The third-order valence-corrected chi connectivity index (χ3v) is 7.21. The number of carbonyl (C=O) groups excluding carboxylic acids is 1. The van der Waals surface area contributed by atoms with Crippen LogP contribution in [0.3, 0.4) is 0 Å². The zero-order valence-electron chi connectivity index (χ0n) is 23.4. The summed E-state index contributed by atoms with van der Waals surface area (Å²) in [6, 6.07) is 5.10. The van der Waals surface area contributed by atoms with Crippen LogP contribution in [0.2, 0.25) is 5.02 Å². The molecular formula is C30H18Cl2F6N4O4. The van der Waals surface area contributed by atoms with Crippen molar-refractivity contribution < 1.29 is 40.2 Å². The fraction of sp³-hybridized carbons (Fsp3) is 0.133. The van der Waals surface area contributed by atoms with Crippen molar-refractivity contribution in [1.29, 1.82) is 0 Å². The minimum atomic E-state index is -1.15. The Hall–Kier alpha value is -4.82. The van der Waals surface area contributed by atoms with Gasteiger partial charge in [0.15, 0.2) is 17.4 Å². The summed E-state index contributed by atoms with van der Waals surface area (Å²) in [6.07, 6.45) is 2.12. The zero-order chi connectivity index (χ0) is 33.4. The predicted molar refractivity (Wildman–Crippen MR) is 153 cm³/mol. The van der Waals surface area contributed by atoms with Gasteiger partial charge < -0.3 is 13.9 Å². The van der Waals surface area contributed by atoms with E-state index in [1.165, 1.54) is 34.0 Å². The van der Waals surface area contributed by atoms with Crippen LogP contribution in [0.1, 0.15) is 29.5 Å². The third-order valence-electron chi connectivity index (χ3n) is 6.62. The molecule has 0 fully saturated rings. The van der Waals surface area contributed by atoms with Gasteiger partial charge in [-0.15, -0.1) is 0 Å². The lowest BCUT2D eigenvalue weighted by atomic mass is 9.96. The largest absolute Gasteiger partial charge is 0.360 e. The lowest BCUT2D eigenvalue weighted by Crippen LogP contribution is -2.32. The molecule has 16 heteroatoms. The van der Waals surface area contributed by atoms with E-state index in [1.807, 2.05) is 0 Å². The number of Topliss-reactive ketones (excluding diaryl/α,β-unsaturated/α-hetero) is 1. The molecule has 3 aromatic heterocycles. The molecule has 1 unspecified atom stereocenters. The molecule has 0 aliphatic carbocycles. The Kier molecular flexibility index (Phi) is 9.13. The van der Waals surface area contributed by atoms with Gasteiger partial charge in [-0.05, 0) is 13.8 Å². The van der Waals surface area contributed by atoms with Crippen LogP contribution in [0.4, 0.5) is 32.2 Å². The van der Waals surface area contributed by atoms with Crippen LogP contribution in [-0.4, -0.2) is 20.7 Å². The molecule has 0 saturated heterocycles. The number of rotatable bonds is 4. The first-order chi connectivity index (χ1) is 21.7. The molecule has 8 nitrogen and oxygen atoms in total. The molecule has 6 rings (SSSR count). The van der Waals surface area contributed by atoms with Gasteiger partial charge in [-0.2, -0.15) is 0 Å². The smallest absolute Gasteiger partial charge is 0.200 e. The van der Waals surface area contributed by atoms with E-state index in [0.717, 1.165) is 6.07 Å². The second kappa shape index (κ2) is 12.9. The molecule has 1 aliphatic heterocycles. The highest BCUT2D eigenvalue weighted by Gasteiger charge is 2.34. The summed E-state index contributed by atoms with van der Waals surface area (Å²) in [6.45, 7) is 3.27. The van der Waals surface area contributed by atoms with Crippen LogP contribution >= 0.6 is 23.2 Å². The van der Waals surface area contributed by atoms with Crippen molar-refractivity contribution in [2.45, 2.75) is 26.3 Å². The van der Waals surface area contributed by atoms with E-state index in [9.17, 15) is 35.9 Å². The van der Waals surface area contributed by atoms with Crippen molar-refractivity contribution in [3.63, 3.8) is 0 Å². The third kappa shape index (κ3) is 6.58. The van der Waals surface area contributed by atoms with Crippen LogP contribution in [-0.2, 0) is 4.79 Å². The van der Waals surface area contributed by atoms with Crippen molar-refractivity contribution >= 4 is 34.8 Å². The number of halogens is 8. The number of hydrogen-bond acceptors (Lipinski definition) is 7. The quantitative estimate of drug-likeness (QED) is 0.178. The summed E-state index contributed by atoms with van der Waals surface area (Å²) in [7, 11) is 0. The van der Waals surface area contributed by atoms with Gasteiger partial charge >= 0.3 is 0 Å². The van der Waals surface area contributed by atoms with Gasteiger partial charge in [-0.25, -0.2) is 26.3 Å². The average Bonchev–Trinajstić information content (AvgIpc) is 3.59. The van der Waals surface area contributed by atoms with Crippen LogP contribution in [0, 0.1) is 48.8 Å². The van der Waals surface area contributed by atoms with E-state index < -0.39 is 63.3 Å². The Morgan fingerprint density at radius 3 is 1.80 bits per heavy atom. The number of aromatic nitrogens is 3. The fourth-order valence-electron chi connectivity index (χ4n) is 4.61. The van der Waals surface area contributed by atoms with E-state index in [4.69, 9.17) is 32.2 Å². The Balaban J connectivity index is 0.000000181. The van der Waals surface area contributed by atoms with Crippen molar-refractivity contribution in [2.24, 2.45) is 0 Å². The molecule has 46 heavy (non-hydrogen) atoms. The number of pyridine rings is 1. The minimum Gasteiger partial charge on any atom is -0.360 e. The van der Waals surface area contributed by atoms with Crippen molar-refractivity contribution in [2.75, 3.05) is 4.90 Å². The molecule has 4 heterocycles. The molecular weight excluding hydrogens is 665 g/mol. The van der Waals surface area contributed by atoms with Gasteiger partial charge in [-0.3, -0.25) is 14.2 Å². The van der Waals surface area contributed by atoms with Gasteiger partial charge in [-0.1, -0.05) is 33.5 Å². The monoisotopic (exact) mass is 682 g/mol. The van der Waals surface area contributed by atoms with Gasteiger partial charge in [0.2, 0.25) is 5.43 Å². The maximum atomic E-state index is 14.1. The lowest BCUT2D eigenvalue weighted by Gasteiger charge is -2.32. The number of carbonyl (C=O) groups is 1. The number of benzene rings is 2. The molecule has 2 aromatic carbocycles. The minimum absolute atomic E-state index is 0.0927. The van der Waals surface area contributed by atoms with Crippen LogP contribution in [0.25, 0.3) is 17.1 Å². The number of nitrogens with zero attached hydrogens (tertiary/aromatic N) is 4. The van der Waals surface area contributed by atoms with Gasteiger partial charge in [0, 0.05) is 66.8 Å². The van der Waals surface area contributed by atoms with E-state index in [0.29, 0.717) is 35.8 Å². The molecule has 0 amide bonds. The highest BCUT2D eigenvalue weighted by atomic mass is 35.5. The maximum Gasteiger partial charge on any atom is 0.200 e.